The lowest BCUT2D eigenvalue weighted by molar-refractivity contribution is -0.121. The molecule has 2 aromatic carbocycles. The first-order valence-electron chi connectivity index (χ1n) is 10.3. The lowest BCUT2D eigenvalue weighted by Crippen LogP contribution is -2.45. The summed E-state index contributed by atoms with van der Waals surface area (Å²) in [6, 6.07) is 14.3. The molecule has 0 spiro atoms. The number of hydrogen-bond donors (Lipinski definition) is 3. The average molecular weight is 425 g/mol. The number of nitrogens with one attached hydrogen (secondary N) is 3. The molecule has 1 atom stereocenters. The van der Waals surface area contributed by atoms with Crippen LogP contribution in [0.1, 0.15) is 18.4 Å². The molecular formula is C23H28N4O4. The molecule has 1 unspecified atom stereocenters. The van der Waals surface area contributed by atoms with Gasteiger partial charge in [-0.05, 0) is 61.7 Å². The van der Waals surface area contributed by atoms with Crippen molar-refractivity contribution >= 4 is 34.9 Å². The molecule has 1 aliphatic heterocycles. The SMILES string of the molecule is COCC(=O)Nc1ccc(NC(=O)C2CCCN(C(=O)Nc3cccc(C)c3)C2)cc1. The number of urea groups is 1. The van der Waals surface area contributed by atoms with E-state index in [1.165, 1.54) is 7.11 Å². The maximum atomic E-state index is 12.7. The minimum atomic E-state index is -0.280. The number of piperidine rings is 1. The Morgan fingerprint density at radius 2 is 1.71 bits per heavy atom. The lowest BCUT2D eigenvalue weighted by Gasteiger charge is -2.32. The summed E-state index contributed by atoms with van der Waals surface area (Å²) in [5, 5.41) is 8.50. The van der Waals surface area contributed by atoms with Crippen LogP contribution in [-0.2, 0) is 14.3 Å². The number of carbonyl (C=O) groups excluding carboxylic acids is 3. The van der Waals surface area contributed by atoms with E-state index in [9.17, 15) is 14.4 Å². The quantitative estimate of drug-likeness (QED) is 0.661. The molecule has 0 bridgehead atoms. The van der Waals surface area contributed by atoms with E-state index in [-0.39, 0.29) is 30.4 Å². The Bertz CT molecular complexity index is 929. The molecule has 1 heterocycles. The van der Waals surface area contributed by atoms with Gasteiger partial charge in [0.25, 0.3) is 0 Å². The van der Waals surface area contributed by atoms with Crippen LogP contribution in [0.5, 0.6) is 0 Å². The van der Waals surface area contributed by atoms with Gasteiger partial charge in [-0.3, -0.25) is 9.59 Å². The molecule has 4 amide bonds. The van der Waals surface area contributed by atoms with E-state index in [4.69, 9.17) is 4.74 Å². The lowest BCUT2D eigenvalue weighted by atomic mass is 9.97. The first-order chi connectivity index (χ1) is 14.9. The van der Waals surface area contributed by atoms with Crippen LogP contribution in [0.15, 0.2) is 48.5 Å². The number of aryl methyl sites for hydroxylation is 1. The number of ether oxygens (including phenoxy) is 1. The van der Waals surface area contributed by atoms with Crippen LogP contribution < -0.4 is 16.0 Å². The van der Waals surface area contributed by atoms with E-state index in [0.29, 0.717) is 24.5 Å². The number of anilines is 3. The Balaban J connectivity index is 1.53. The van der Waals surface area contributed by atoms with Crippen molar-refractivity contribution in [3.05, 3.63) is 54.1 Å². The van der Waals surface area contributed by atoms with Gasteiger partial charge in [0.2, 0.25) is 11.8 Å². The molecule has 2 aromatic rings. The van der Waals surface area contributed by atoms with Crippen LogP contribution in [0.4, 0.5) is 21.9 Å². The van der Waals surface area contributed by atoms with E-state index in [1.54, 1.807) is 29.2 Å². The van der Waals surface area contributed by atoms with E-state index in [2.05, 4.69) is 16.0 Å². The van der Waals surface area contributed by atoms with Crippen LogP contribution in [0, 0.1) is 12.8 Å². The van der Waals surface area contributed by atoms with Gasteiger partial charge in [-0.25, -0.2) is 4.79 Å². The first-order valence-corrected chi connectivity index (χ1v) is 10.3. The summed E-state index contributed by atoms with van der Waals surface area (Å²) in [5.74, 6) is -0.646. The number of amides is 4. The molecule has 0 aromatic heterocycles. The number of carbonyl (C=O) groups is 3. The molecule has 0 aliphatic carbocycles. The number of benzene rings is 2. The van der Waals surface area contributed by atoms with Crippen LogP contribution in [0.25, 0.3) is 0 Å². The van der Waals surface area contributed by atoms with Gasteiger partial charge in [0, 0.05) is 37.3 Å². The molecule has 3 N–H and O–H groups in total. The zero-order valence-corrected chi connectivity index (χ0v) is 17.8. The van der Waals surface area contributed by atoms with Gasteiger partial charge in [0.1, 0.15) is 6.61 Å². The van der Waals surface area contributed by atoms with Crippen molar-refractivity contribution in [1.29, 1.82) is 0 Å². The number of hydrogen-bond acceptors (Lipinski definition) is 4. The van der Waals surface area contributed by atoms with Crippen LogP contribution in [0.2, 0.25) is 0 Å². The average Bonchev–Trinajstić information content (AvgIpc) is 2.75. The van der Waals surface area contributed by atoms with E-state index in [0.717, 1.165) is 24.1 Å². The minimum absolute atomic E-state index is 0.0197. The zero-order valence-electron chi connectivity index (χ0n) is 17.8. The molecule has 1 fully saturated rings. The first kappa shape index (κ1) is 22.3. The predicted molar refractivity (Wildman–Crippen MR) is 120 cm³/mol. The molecule has 1 aliphatic rings. The fourth-order valence-electron chi connectivity index (χ4n) is 3.51. The number of nitrogens with zero attached hydrogens (tertiary/aromatic N) is 1. The van der Waals surface area contributed by atoms with Gasteiger partial charge in [0.05, 0.1) is 5.92 Å². The third kappa shape index (κ3) is 6.55. The van der Waals surface area contributed by atoms with Crippen molar-refractivity contribution < 1.29 is 19.1 Å². The summed E-state index contributed by atoms with van der Waals surface area (Å²) in [5.41, 5.74) is 3.07. The molecule has 0 saturated carbocycles. The van der Waals surface area contributed by atoms with Crippen molar-refractivity contribution in [1.82, 2.24) is 4.90 Å². The highest BCUT2D eigenvalue weighted by molar-refractivity contribution is 5.95. The largest absolute Gasteiger partial charge is 0.375 e. The highest BCUT2D eigenvalue weighted by Crippen LogP contribution is 2.21. The van der Waals surface area contributed by atoms with Gasteiger partial charge in [-0.2, -0.15) is 0 Å². The van der Waals surface area contributed by atoms with Gasteiger partial charge in [0.15, 0.2) is 0 Å². The van der Waals surface area contributed by atoms with Crippen molar-refractivity contribution in [2.75, 3.05) is 42.8 Å². The summed E-state index contributed by atoms with van der Waals surface area (Å²) in [4.78, 5) is 38.6. The van der Waals surface area contributed by atoms with Crippen LogP contribution >= 0.6 is 0 Å². The number of likely N-dealkylation sites (tertiary alicyclic amines) is 1. The van der Waals surface area contributed by atoms with Crippen LogP contribution in [-0.4, -0.2) is 49.6 Å². The predicted octanol–water partition coefficient (Wildman–Crippen LogP) is 3.46. The number of methoxy groups -OCH3 is 1. The van der Waals surface area contributed by atoms with Crippen LogP contribution in [0.3, 0.4) is 0 Å². The Morgan fingerprint density at radius 3 is 2.39 bits per heavy atom. The monoisotopic (exact) mass is 424 g/mol. The van der Waals surface area contributed by atoms with E-state index >= 15 is 0 Å². The van der Waals surface area contributed by atoms with Crippen molar-refractivity contribution in [2.24, 2.45) is 5.92 Å². The highest BCUT2D eigenvalue weighted by Gasteiger charge is 2.28. The third-order valence-electron chi connectivity index (χ3n) is 5.06. The molecule has 31 heavy (non-hydrogen) atoms. The van der Waals surface area contributed by atoms with Crippen molar-refractivity contribution in [3.63, 3.8) is 0 Å². The van der Waals surface area contributed by atoms with Gasteiger partial charge < -0.3 is 25.6 Å². The van der Waals surface area contributed by atoms with Crippen molar-refractivity contribution in [2.45, 2.75) is 19.8 Å². The molecule has 1 saturated heterocycles. The molecule has 8 nitrogen and oxygen atoms in total. The summed E-state index contributed by atoms with van der Waals surface area (Å²) in [7, 11) is 1.46. The number of rotatable bonds is 6. The second kappa shape index (κ2) is 10.6. The Morgan fingerprint density at radius 1 is 1.00 bits per heavy atom. The maximum Gasteiger partial charge on any atom is 0.321 e. The molecule has 3 rings (SSSR count). The molecular weight excluding hydrogens is 396 g/mol. The second-order valence-electron chi connectivity index (χ2n) is 7.63. The van der Waals surface area contributed by atoms with Crippen molar-refractivity contribution in [3.8, 4) is 0 Å². The standard InChI is InChI=1S/C23H28N4O4/c1-16-5-3-7-20(13-16)26-23(30)27-12-4-6-17(14-27)22(29)25-19-10-8-18(9-11-19)24-21(28)15-31-2/h3,5,7-11,13,17H,4,6,12,14-15H2,1-2H3,(H,24,28)(H,25,29)(H,26,30). The normalized spacial score (nSPS) is 15.8. The Kier molecular flexibility index (Phi) is 7.61. The second-order valence-corrected chi connectivity index (χ2v) is 7.63. The summed E-state index contributed by atoms with van der Waals surface area (Å²) in [6.45, 7) is 2.94. The van der Waals surface area contributed by atoms with Gasteiger partial charge in [-0.1, -0.05) is 12.1 Å². The van der Waals surface area contributed by atoms with Gasteiger partial charge >= 0.3 is 6.03 Å². The summed E-state index contributed by atoms with van der Waals surface area (Å²) in [6.07, 6.45) is 1.50. The minimum Gasteiger partial charge on any atom is -0.375 e. The smallest absolute Gasteiger partial charge is 0.321 e. The summed E-state index contributed by atoms with van der Waals surface area (Å²) >= 11 is 0. The molecule has 0 radical (unpaired) electrons. The van der Waals surface area contributed by atoms with E-state index in [1.807, 2.05) is 31.2 Å². The van der Waals surface area contributed by atoms with Gasteiger partial charge in [-0.15, -0.1) is 0 Å². The Labute approximate surface area is 182 Å². The third-order valence-corrected chi connectivity index (χ3v) is 5.06. The summed E-state index contributed by atoms with van der Waals surface area (Å²) < 4.78 is 4.78. The molecule has 8 heteroatoms. The zero-order chi connectivity index (χ0) is 22.2. The highest BCUT2D eigenvalue weighted by atomic mass is 16.5. The topological polar surface area (TPSA) is 99.8 Å². The Hall–Kier alpha value is -3.39. The van der Waals surface area contributed by atoms with E-state index < -0.39 is 0 Å². The fourth-order valence-corrected chi connectivity index (χ4v) is 3.51. The fraction of sp³-hybridized carbons (Fsp3) is 0.348. The molecule has 164 valence electrons. The maximum absolute atomic E-state index is 12.7.